The molecule has 2 rings (SSSR count). The summed E-state index contributed by atoms with van der Waals surface area (Å²) in [5.41, 5.74) is 0.946. The third-order valence-electron chi connectivity index (χ3n) is 2.95. The predicted octanol–water partition coefficient (Wildman–Crippen LogP) is 0.405. The summed E-state index contributed by atoms with van der Waals surface area (Å²) in [7, 11) is 1.64. The molecule has 2 amide bonds. The van der Waals surface area contributed by atoms with Gasteiger partial charge in [-0.2, -0.15) is 0 Å². The summed E-state index contributed by atoms with van der Waals surface area (Å²) in [6.07, 6.45) is 0. The van der Waals surface area contributed by atoms with Crippen LogP contribution in [0.2, 0.25) is 0 Å². The predicted molar refractivity (Wildman–Crippen MR) is 84.9 cm³/mol. The van der Waals surface area contributed by atoms with E-state index in [1.54, 1.807) is 25.3 Å². The lowest BCUT2D eigenvalue weighted by Crippen LogP contribution is -2.34. The molecule has 0 spiro atoms. The molecule has 0 saturated heterocycles. The molecule has 0 aliphatic carbocycles. The van der Waals surface area contributed by atoms with Crippen molar-refractivity contribution in [1.29, 1.82) is 0 Å². The van der Waals surface area contributed by atoms with Gasteiger partial charge in [0.1, 0.15) is 0 Å². The van der Waals surface area contributed by atoms with Gasteiger partial charge in [-0.15, -0.1) is 12.4 Å². The number of amides is 2. The minimum Gasteiger partial charge on any atom is -0.481 e. The number of carbonyl (C=O) groups is 2. The van der Waals surface area contributed by atoms with E-state index >= 15 is 0 Å². The maximum Gasteiger partial charge on any atom is 0.262 e. The molecule has 8 heteroatoms. The van der Waals surface area contributed by atoms with Crippen molar-refractivity contribution in [2.75, 3.05) is 45.3 Å². The van der Waals surface area contributed by atoms with Gasteiger partial charge < -0.3 is 25.4 Å². The Kier molecular flexibility index (Phi) is 7.65. The Hall–Kier alpha value is -1.83. The number of benzene rings is 1. The Morgan fingerprint density at radius 1 is 1.36 bits per heavy atom. The van der Waals surface area contributed by atoms with Crippen molar-refractivity contribution in [2.24, 2.45) is 0 Å². The summed E-state index contributed by atoms with van der Waals surface area (Å²) >= 11 is 0. The van der Waals surface area contributed by atoms with E-state index in [4.69, 9.17) is 9.47 Å². The Labute approximate surface area is 135 Å². The van der Waals surface area contributed by atoms with E-state index in [0.717, 1.165) is 6.54 Å². The zero-order chi connectivity index (χ0) is 15.1. The molecule has 3 N–H and O–H groups in total. The number of methoxy groups -OCH3 is 1. The zero-order valence-corrected chi connectivity index (χ0v) is 13.1. The largest absolute Gasteiger partial charge is 0.481 e. The second kappa shape index (κ2) is 9.24. The highest BCUT2D eigenvalue weighted by atomic mass is 35.5. The van der Waals surface area contributed by atoms with E-state index in [0.29, 0.717) is 36.7 Å². The molecule has 0 aromatic heterocycles. The van der Waals surface area contributed by atoms with Crippen molar-refractivity contribution in [2.45, 2.75) is 0 Å². The van der Waals surface area contributed by atoms with Crippen LogP contribution in [-0.2, 0) is 9.53 Å². The molecule has 0 saturated carbocycles. The van der Waals surface area contributed by atoms with Crippen LogP contribution in [0.15, 0.2) is 18.2 Å². The Bertz CT molecular complexity index is 525. The number of hydrogen-bond donors (Lipinski definition) is 3. The zero-order valence-electron chi connectivity index (χ0n) is 12.3. The molecular weight excluding hydrogens is 310 g/mol. The molecule has 0 fully saturated rings. The van der Waals surface area contributed by atoms with Gasteiger partial charge >= 0.3 is 0 Å². The van der Waals surface area contributed by atoms with Gasteiger partial charge in [0.2, 0.25) is 0 Å². The van der Waals surface area contributed by atoms with E-state index in [2.05, 4.69) is 16.0 Å². The molecule has 22 heavy (non-hydrogen) atoms. The van der Waals surface area contributed by atoms with Gasteiger partial charge in [0, 0.05) is 26.7 Å². The SMILES string of the molecule is COCCNCCNC(=O)c1cccc2c1OCC(=O)N2.Cl. The van der Waals surface area contributed by atoms with Crippen LogP contribution < -0.4 is 20.7 Å². The fourth-order valence-corrected chi connectivity index (χ4v) is 1.95. The summed E-state index contributed by atoms with van der Waals surface area (Å²) in [5.74, 6) is -0.0270. The van der Waals surface area contributed by atoms with Crippen molar-refractivity contribution in [1.82, 2.24) is 10.6 Å². The molecule has 122 valence electrons. The third-order valence-corrected chi connectivity index (χ3v) is 2.95. The number of anilines is 1. The van der Waals surface area contributed by atoms with Gasteiger partial charge in [-0.3, -0.25) is 9.59 Å². The number of ether oxygens (including phenoxy) is 2. The number of hydrogen-bond acceptors (Lipinski definition) is 5. The molecule has 0 unspecified atom stereocenters. The first-order valence-electron chi connectivity index (χ1n) is 6.76. The normalized spacial score (nSPS) is 12.5. The van der Waals surface area contributed by atoms with Gasteiger partial charge in [0.15, 0.2) is 12.4 Å². The highest BCUT2D eigenvalue weighted by Gasteiger charge is 2.21. The minimum atomic E-state index is -0.225. The van der Waals surface area contributed by atoms with Crippen LogP contribution in [0, 0.1) is 0 Å². The van der Waals surface area contributed by atoms with Gasteiger partial charge in [-0.25, -0.2) is 0 Å². The van der Waals surface area contributed by atoms with E-state index in [1.165, 1.54) is 0 Å². The standard InChI is InChI=1S/C14H19N3O4.ClH/c1-20-8-7-15-5-6-16-14(19)10-3-2-4-11-13(10)21-9-12(18)17-11;/h2-4,15H,5-9H2,1H3,(H,16,19)(H,17,18);1H. The van der Waals surface area contributed by atoms with E-state index < -0.39 is 0 Å². The van der Waals surface area contributed by atoms with Crippen LogP contribution in [0.4, 0.5) is 5.69 Å². The number of fused-ring (bicyclic) bond motifs is 1. The first kappa shape index (κ1) is 18.2. The Balaban J connectivity index is 0.00000242. The molecule has 0 bridgehead atoms. The summed E-state index contributed by atoms with van der Waals surface area (Å²) in [6, 6.07) is 5.08. The molecular formula is C14H20ClN3O4. The second-order valence-electron chi connectivity index (χ2n) is 4.52. The lowest BCUT2D eigenvalue weighted by Gasteiger charge is -2.20. The number of halogens is 1. The number of para-hydroxylation sites is 1. The maximum absolute atomic E-state index is 12.1. The molecule has 7 nitrogen and oxygen atoms in total. The molecule has 1 aliphatic heterocycles. The Morgan fingerprint density at radius 3 is 2.95 bits per heavy atom. The van der Waals surface area contributed by atoms with Crippen LogP contribution in [0.1, 0.15) is 10.4 Å². The lowest BCUT2D eigenvalue weighted by atomic mass is 10.1. The topological polar surface area (TPSA) is 88.7 Å². The van der Waals surface area contributed by atoms with Gasteiger partial charge in [0.05, 0.1) is 17.9 Å². The average Bonchev–Trinajstić information content (AvgIpc) is 2.49. The van der Waals surface area contributed by atoms with Crippen LogP contribution in [-0.4, -0.2) is 51.8 Å². The summed E-state index contributed by atoms with van der Waals surface area (Å²) in [6.45, 7) is 2.45. The van der Waals surface area contributed by atoms with Gasteiger partial charge in [-0.1, -0.05) is 6.07 Å². The van der Waals surface area contributed by atoms with Gasteiger partial charge in [-0.05, 0) is 12.1 Å². The van der Waals surface area contributed by atoms with Crippen LogP contribution >= 0.6 is 12.4 Å². The van der Waals surface area contributed by atoms with Crippen molar-refractivity contribution in [3.8, 4) is 5.75 Å². The summed E-state index contributed by atoms with van der Waals surface area (Å²) in [4.78, 5) is 23.4. The summed E-state index contributed by atoms with van der Waals surface area (Å²) < 4.78 is 10.3. The van der Waals surface area contributed by atoms with Crippen molar-refractivity contribution in [3.05, 3.63) is 23.8 Å². The molecule has 1 aromatic carbocycles. The first-order valence-corrected chi connectivity index (χ1v) is 6.76. The quantitative estimate of drug-likeness (QED) is 0.630. The van der Waals surface area contributed by atoms with E-state index in [9.17, 15) is 9.59 Å². The molecule has 1 aliphatic rings. The number of nitrogens with one attached hydrogen (secondary N) is 3. The first-order chi connectivity index (χ1) is 10.2. The summed E-state index contributed by atoms with van der Waals surface area (Å²) in [5, 5.41) is 8.61. The fourth-order valence-electron chi connectivity index (χ4n) is 1.95. The van der Waals surface area contributed by atoms with E-state index in [1.807, 2.05) is 0 Å². The molecule has 0 radical (unpaired) electrons. The molecule has 0 atom stereocenters. The van der Waals surface area contributed by atoms with Crippen molar-refractivity contribution < 1.29 is 19.1 Å². The van der Waals surface area contributed by atoms with Crippen molar-refractivity contribution in [3.63, 3.8) is 0 Å². The monoisotopic (exact) mass is 329 g/mol. The highest BCUT2D eigenvalue weighted by molar-refractivity contribution is 6.03. The second-order valence-corrected chi connectivity index (χ2v) is 4.52. The smallest absolute Gasteiger partial charge is 0.262 e. The lowest BCUT2D eigenvalue weighted by molar-refractivity contribution is -0.118. The Morgan fingerprint density at radius 2 is 2.18 bits per heavy atom. The van der Waals surface area contributed by atoms with E-state index in [-0.39, 0.29) is 30.8 Å². The minimum absolute atomic E-state index is 0. The van der Waals surface area contributed by atoms with Gasteiger partial charge in [0.25, 0.3) is 11.8 Å². The third kappa shape index (κ3) is 4.87. The number of rotatable bonds is 7. The van der Waals surface area contributed by atoms with Crippen LogP contribution in [0.25, 0.3) is 0 Å². The number of carbonyl (C=O) groups excluding carboxylic acids is 2. The van der Waals surface area contributed by atoms with Crippen LogP contribution in [0.3, 0.4) is 0 Å². The molecule has 1 heterocycles. The molecule has 1 aromatic rings. The highest BCUT2D eigenvalue weighted by Crippen LogP contribution is 2.31. The van der Waals surface area contributed by atoms with Crippen LogP contribution in [0.5, 0.6) is 5.75 Å². The maximum atomic E-state index is 12.1. The van der Waals surface area contributed by atoms with Crippen molar-refractivity contribution >= 4 is 29.9 Å². The fraction of sp³-hybridized carbons (Fsp3) is 0.429. The average molecular weight is 330 g/mol.